The zero-order valence-corrected chi connectivity index (χ0v) is 10.3. The van der Waals surface area contributed by atoms with E-state index in [1.807, 2.05) is 0 Å². The van der Waals surface area contributed by atoms with E-state index in [4.69, 9.17) is 11.6 Å². The van der Waals surface area contributed by atoms with E-state index in [1.165, 1.54) is 13.2 Å². The van der Waals surface area contributed by atoms with Crippen molar-refractivity contribution in [1.29, 1.82) is 0 Å². The first kappa shape index (κ1) is 13.6. The third kappa shape index (κ3) is 3.82. The van der Waals surface area contributed by atoms with Crippen LogP contribution >= 0.6 is 11.6 Å². The predicted molar refractivity (Wildman–Crippen MR) is 61.5 cm³/mol. The number of hydrogen-bond acceptors (Lipinski definition) is 3. The highest BCUT2D eigenvalue weighted by atomic mass is 35.5. The molecule has 0 aliphatic carbocycles. The highest BCUT2D eigenvalue weighted by Crippen LogP contribution is 2.17. The van der Waals surface area contributed by atoms with E-state index < -0.39 is 17.7 Å². The molecule has 0 spiro atoms. The molecule has 3 nitrogen and oxygen atoms in total. The number of rotatable bonds is 4. The van der Waals surface area contributed by atoms with Crippen LogP contribution in [0.15, 0.2) is 18.2 Å². The summed E-state index contributed by atoms with van der Waals surface area (Å²) in [5.41, 5.74) is 0.158. The summed E-state index contributed by atoms with van der Waals surface area (Å²) in [5, 5.41) is 0.152. The first-order valence-corrected chi connectivity index (χ1v) is 5.39. The lowest BCUT2D eigenvalue weighted by atomic mass is 10.00. The van der Waals surface area contributed by atoms with Gasteiger partial charge in [-0.1, -0.05) is 18.5 Å². The van der Waals surface area contributed by atoms with Crippen molar-refractivity contribution >= 4 is 23.4 Å². The molecule has 0 saturated heterocycles. The van der Waals surface area contributed by atoms with Gasteiger partial charge in [0.05, 0.1) is 13.0 Å². The molecule has 0 aliphatic heterocycles. The molecule has 1 atom stereocenters. The molecular formula is C12H12ClFO3. The maximum Gasteiger partial charge on any atom is 0.308 e. The number of ketones is 1. The van der Waals surface area contributed by atoms with Gasteiger partial charge in [0.15, 0.2) is 5.78 Å². The van der Waals surface area contributed by atoms with Gasteiger partial charge in [-0.2, -0.15) is 0 Å². The van der Waals surface area contributed by atoms with Crippen molar-refractivity contribution in [1.82, 2.24) is 0 Å². The molecule has 0 aliphatic rings. The summed E-state index contributed by atoms with van der Waals surface area (Å²) in [6.07, 6.45) is -0.0353. The Bertz CT molecular complexity index is 425. The van der Waals surface area contributed by atoms with Crippen LogP contribution in [0.5, 0.6) is 0 Å². The van der Waals surface area contributed by atoms with Crippen molar-refractivity contribution in [2.24, 2.45) is 5.92 Å². The lowest BCUT2D eigenvalue weighted by molar-refractivity contribution is -0.144. The Hall–Kier alpha value is -1.42. The number of carbonyl (C=O) groups is 2. The smallest absolute Gasteiger partial charge is 0.308 e. The zero-order valence-electron chi connectivity index (χ0n) is 9.50. The molecule has 0 saturated carbocycles. The topological polar surface area (TPSA) is 43.4 Å². The van der Waals surface area contributed by atoms with E-state index in [1.54, 1.807) is 6.92 Å². The van der Waals surface area contributed by atoms with Crippen LogP contribution in [-0.4, -0.2) is 18.9 Å². The Kier molecular flexibility index (Phi) is 4.63. The van der Waals surface area contributed by atoms with Crippen LogP contribution < -0.4 is 0 Å². The summed E-state index contributed by atoms with van der Waals surface area (Å²) in [4.78, 5) is 22.9. The molecule has 0 radical (unpaired) electrons. The molecule has 1 aromatic rings. The lowest BCUT2D eigenvalue weighted by Crippen LogP contribution is -2.17. The summed E-state index contributed by atoms with van der Waals surface area (Å²) < 4.78 is 17.5. The van der Waals surface area contributed by atoms with Crippen LogP contribution in [0.1, 0.15) is 23.7 Å². The summed E-state index contributed by atoms with van der Waals surface area (Å²) in [6.45, 7) is 1.57. The molecule has 0 fully saturated rings. The van der Waals surface area contributed by atoms with E-state index >= 15 is 0 Å². The molecule has 0 heterocycles. The van der Waals surface area contributed by atoms with Gasteiger partial charge in [-0.25, -0.2) is 4.39 Å². The Morgan fingerprint density at radius 3 is 2.59 bits per heavy atom. The first-order valence-electron chi connectivity index (χ1n) is 5.01. The predicted octanol–water partition coefficient (Wildman–Crippen LogP) is 2.86. The quantitative estimate of drug-likeness (QED) is 0.616. The van der Waals surface area contributed by atoms with Gasteiger partial charge >= 0.3 is 5.97 Å². The summed E-state index contributed by atoms with van der Waals surface area (Å²) in [5.74, 6) is -1.95. The van der Waals surface area contributed by atoms with Crippen molar-refractivity contribution in [2.45, 2.75) is 13.3 Å². The van der Waals surface area contributed by atoms with Crippen molar-refractivity contribution in [3.63, 3.8) is 0 Å². The fraction of sp³-hybridized carbons (Fsp3) is 0.333. The second kappa shape index (κ2) is 5.77. The number of carbonyl (C=O) groups excluding carboxylic acids is 2. The maximum atomic E-state index is 13.0. The third-order valence-electron chi connectivity index (χ3n) is 2.28. The molecule has 92 valence electrons. The highest BCUT2D eigenvalue weighted by Gasteiger charge is 2.19. The molecule has 0 amide bonds. The largest absolute Gasteiger partial charge is 0.469 e. The van der Waals surface area contributed by atoms with Crippen LogP contribution in [0.3, 0.4) is 0 Å². The van der Waals surface area contributed by atoms with Crippen molar-refractivity contribution in [3.05, 3.63) is 34.6 Å². The molecule has 1 rings (SSSR count). The first-order chi connectivity index (χ1) is 7.93. The van der Waals surface area contributed by atoms with Crippen LogP contribution in [0.2, 0.25) is 5.02 Å². The van der Waals surface area contributed by atoms with E-state index in [0.29, 0.717) is 0 Å². The van der Waals surface area contributed by atoms with Crippen molar-refractivity contribution in [3.8, 4) is 0 Å². The fourth-order valence-electron chi connectivity index (χ4n) is 1.40. The minimum absolute atomic E-state index is 0.0353. The minimum atomic E-state index is -0.577. The van der Waals surface area contributed by atoms with Crippen LogP contribution in [0.25, 0.3) is 0 Å². The number of esters is 1. The molecule has 1 aromatic carbocycles. The number of benzene rings is 1. The van der Waals surface area contributed by atoms with Crippen molar-refractivity contribution < 1.29 is 18.7 Å². The SMILES string of the molecule is COC(=O)C(C)CC(=O)c1cc(F)cc(Cl)c1. The second-order valence-corrected chi connectivity index (χ2v) is 4.15. The average Bonchev–Trinajstić information content (AvgIpc) is 2.26. The Balaban J connectivity index is 2.79. The van der Waals surface area contributed by atoms with Gasteiger partial charge in [0.2, 0.25) is 0 Å². The van der Waals surface area contributed by atoms with Crippen LogP contribution in [-0.2, 0) is 9.53 Å². The van der Waals surface area contributed by atoms with Gasteiger partial charge in [-0.3, -0.25) is 9.59 Å². The monoisotopic (exact) mass is 258 g/mol. The van der Waals surface area contributed by atoms with Gasteiger partial charge in [-0.15, -0.1) is 0 Å². The number of methoxy groups -OCH3 is 1. The molecule has 1 unspecified atom stereocenters. The maximum absolute atomic E-state index is 13.0. The molecule has 0 N–H and O–H groups in total. The highest BCUT2D eigenvalue weighted by molar-refractivity contribution is 6.31. The zero-order chi connectivity index (χ0) is 13.0. The van der Waals surface area contributed by atoms with Crippen molar-refractivity contribution in [2.75, 3.05) is 7.11 Å². The van der Waals surface area contributed by atoms with Gasteiger partial charge in [0.25, 0.3) is 0 Å². The number of Topliss-reactive ketones (excluding diaryl/α,β-unsaturated/α-hetero) is 1. The Morgan fingerprint density at radius 1 is 1.41 bits per heavy atom. The molecule has 0 bridgehead atoms. The Morgan fingerprint density at radius 2 is 2.06 bits per heavy atom. The molecule has 17 heavy (non-hydrogen) atoms. The Labute approximate surface area is 104 Å². The van der Waals surface area contributed by atoms with Gasteiger partial charge in [0.1, 0.15) is 5.82 Å². The van der Waals surface area contributed by atoms with Crippen LogP contribution in [0.4, 0.5) is 4.39 Å². The van der Waals surface area contributed by atoms with E-state index in [9.17, 15) is 14.0 Å². The summed E-state index contributed by atoms with van der Waals surface area (Å²) in [6, 6.07) is 3.58. The molecule has 5 heteroatoms. The molecular weight excluding hydrogens is 247 g/mol. The minimum Gasteiger partial charge on any atom is -0.469 e. The second-order valence-electron chi connectivity index (χ2n) is 3.71. The third-order valence-corrected chi connectivity index (χ3v) is 2.50. The number of halogens is 2. The van der Waals surface area contributed by atoms with Gasteiger partial charge < -0.3 is 4.74 Å². The average molecular weight is 259 g/mol. The normalized spacial score (nSPS) is 12.0. The van der Waals surface area contributed by atoms with E-state index in [2.05, 4.69) is 4.74 Å². The summed E-state index contributed by atoms with van der Waals surface area (Å²) >= 11 is 5.64. The lowest BCUT2D eigenvalue weighted by Gasteiger charge is -2.08. The van der Waals surface area contributed by atoms with E-state index in [-0.39, 0.29) is 22.8 Å². The standard InChI is InChI=1S/C12H12ClFO3/c1-7(12(16)17-2)3-11(15)8-4-9(13)6-10(14)5-8/h4-7H,3H2,1-2H3. The number of hydrogen-bond donors (Lipinski definition) is 0. The van der Waals surface area contributed by atoms with Gasteiger partial charge in [-0.05, 0) is 18.2 Å². The van der Waals surface area contributed by atoms with E-state index in [0.717, 1.165) is 12.1 Å². The fourth-order valence-corrected chi connectivity index (χ4v) is 1.62. The van der Waals surface area contributed by atoms with Crippen LogP contribution in [0, 0.1) is 11.7 Å². The summed E-state index contributed by atoms with van der Waals surface area (Å²) in [7, 11) is 1.25. The van der Waals surface area contributed by atoms with Gasteiger partial charge in [0, 0.05) is 17.0 Å². The number of ether oxygens (including phenoxy) is 1. The molecule has 0 aromatic heterocycles.